The van der Waals surface area contributed by atoms with Crippen molar-refractivity contribution in [2.75, 3.05) is 25.1 Å². The zero-order chi connectivity index (χ0) is 13.5. The lowest BCUT2D eigenvalue weighted by atomic mass is 10.1. The molecule has 5 nitrogen and oxygen atoms in total. The number of nitrogens with one attached hydrogen (secondary N) is 1. The Labute approximate surface area is 105 Å². The third-order valence-electron chi connectivity index (χ3n) is 2.29. The Morgan fingerprint density at radius 3 is 2.41 bits per heavy atom. The van der Waals surface area contributed by atoms with Gasteiger partial charge in [-0.1, -0.05) is 19.0 Å². The van der Waals surface area contributed by atoms with Gasteiger partial charge in [-0.2, -0.15) is 0 Å². The minimum absolute atomic E-state index is 0.0664. The van der Waals surface area contributed by atoms with Gasteiger partial charge in [-0.15, -0.1) is 0 Å². The van der Waals surface area contributed by atoms with Crippen molar-refractivity contribution in [3.63, 3.8) is 0 Å². The first-order chi connectivity index (χ1) is 7.72. The van der Waals surface area contributed by atoms with E-state index in [1.54, 1.807) is 0 Å². The summed E-state index contributed by atoms with van der Waals surface area (Å²) < 4.78 is 21.7. The molecule has 0 rings (SSSR count). The molecule has 17 heavy (non-hydrogen) atoms. The van der Waals surface area contributed by atoms with Crippen LogP contribution in [-0.4, -0.2) is 45.3 Å². The quantitative estimate of drug-likeness (QED) is 0.404. The second-order valence-corrected chi connectivity index (χ2v) is 6.90. The molecule has 0 aliphatic carbocycles. The van der Waals surface area contributed by atoms with Crippen LogP contribution in [0, 0.1) is 5.92 Å². The lowest BCUT2D eigenvalue weighted by Crippen LogP contribution is -2.30. The molecule has 0 aliphatic heterocycles. The number of hydrogen-bond acceptors (Lipinski definition) is 5. The van der Waals surface area contributed by atoms with E-state index in [4.69, 9.17) is 4.84 Å². The largest absolute Gasteiger partial charge is 0.391 e. The first kappa shape index (κ1) is 16.4. The highest BCUT2D eigenvalue weighted by molar-refractivity contribution is 7.90. The summed E-state index contributed by atoms with van der Waals surface area (Å²) in [7, 11) is -2.89. The first-order valence-corrected chi connectivity index (χ1v) is 7.87. The predicted octanol–water partition coefficient (Wildman–Crippen LogP) is 1.06. The van der Waals surface area contributed by atoms with E-state index in [0.29, 0.717) is 19.0 Å². The van der Waals surface area contributed by atoms with Crippen molar-refractivity contribution in [3.8, 4) is 0 Å². The Morgan fingerprint density at radius 1 is 1.35 bits per heavy atom. The average molecular weight is 264 g/mol. The molecule has 0 bridgehead atoms. The van der Waals surface area contributed by atoms with E-state index in [-0.39, 0.29) is 11.9 Å². The third-order valence-corrected chi connectivity index (χ3v) is 3.24. The molecular weight excluding hydrogens is 240 g/mol. The van der Waals surface area contributed by atoms with Crippen LogP contribution >= 0.6 is 0 Å². The number of oxime groups is 1. The van der Waals surface area contributed by atoms with Crippen molar-refractivity contribution in [2.45, 2.75) is 33.8 Å². The molecule has 1 atom stereocenters. The maximum atomic E-state index is 10.9. The van der Waals surface area contributed by atoms with Gasteiger partial charge in [-0.05, 0) is 19.8 Å². The Balaban J connectivity index is 3.74. The molecule has 1 N–H and O–H groups in total. The molecule has 0 aromatic rings. The molecule has 0 heterocycles. The fourth-order valence-electron chi connectivity index (χ4n) is 0.879. The van der Waals surface area contributed by atoms with Crippen molar-refractivity contribution in [1.82, 2.24) is 5.32 Å². The minimum Gasteiger partial charge on any atom is -0.391 e. The highest BCUT2D eigenvalue weighted by Crippen LogP contribution is 1.98. The summed E-state index contributed by atoms with van der Waals surface area (Å²) in [5.74, 6) is 0.522. The minimum atomic E-state index is -2.89. The lowest BCUT2D eigenvalue weighted by Gasteiger charge is -2.12. The van der Waals surface area contributed by atoms with E-state index < -0.39 is 9.84 Å². The fourth-order valence-corrected chi connectivity index (χ4v) is 1.39. The van der Waals surface area contributed by atoms with E-state index >= 15 is 0 Å². The number of hydrogen-bond donors (Lipinski definition) is 1. The van der Waals surface area contributed by atoms with Gasteiger partial charge in [0, 0.05) is 19.3 Å². The van der Waals surface area contributed by atoms with E-state index in [2.05, 4.69) is 24.3 Å². The Kier molecular flexibility index (Phi) is 7.38. The van der Waals surface area contributed by atoms with Gasteiger partial charge in [0.25, 0.3) is 0 Å². The first-order valence-electron chi connectivity index (χ1n) is 5.81. The number of nitrogens with zero attached hydrogens (tertiary/aromatic N) is 1. The van der Waals surface area contributed by atoms with Gasteiger partial charge in [-0.3, -0.25) is 0 Å². The fraction of sp³-hybridized carbons (Fsp3) is 0.909. The van der Waals surface area contributed by atoms with Crippen LogP contribution in [-0.2, 0) is 14.7 Å². The van der Waals surface area contributed by atoms with Crippen LogP contribution in [0.15, 0.2) is 5.16 Å². The lowest BCUT2D eigenvalue weighted by molar-refractivity contribution is 0.0715. The zero-order valence-corrected chi connectivity index (χ0v) is 12.2. The van der Waals surface area contributed by atoms with Crippen LogP contribution in [0.5, 0.6) is 0 Å². The Morgan fingerprint density at radius 2 is 1.94 bits per heavy atom. The second kappa shape index (κ2) is 7.66. The molecule has 0 aliphatic rings. The summed E-state index contributed by atoms with van der Waals surface area (Å²) in [5.41, 5.74) is 0.952. The summed E-state index contributed by atoms with van der Waals surface area (Å²) in [6.07, 6.45) is 1.16. The van der Waals surface area contributed by atoms with Crippen LogP contribution in [0.25, 0.3) is 0 Å². The molecule has 0 radical (unpaired) electrons. The average Bonchev–Trinajstić information content (AvgIpc) is 2.19. The van der Waals surface area contributed by atoms with Gasteiger partial charge >= 0.3 is 0 Å². The van der Waals surface area contributed by atoms with Crippen LogP contribution in [0.1, 0.15) is 27.7 Å². The number of sulfone groups is 1. The van der Waals surface area contributed by atoms with Crippen LogP contribution in [0.3, 0.4) is 0 Å². The van der Waals surface area contributed by atoms with Crippen molar-refractivity contribution < 1.29 is 13.3 Å². The third kappa shape index (κ3) is 10.3. The van der Waals surface area contributed by atoms with Crippen molar-refractivity contribution in [3.05, 3.63) is 0 Å². The normalized spacial score (nSPS) is 15.1. The molecule has 0 amide bonds. The molecule has 0 spiro atoms. The predicted molar refractivity (Wildman–Crippen MR) is 71.1 cm³/mol. The van der Waals surface area contributed by atoms with Crippen LogP contribution in [0.2, 0.25) is 0 Å². The Bertz CT molecular complexity index is 337. The monoisotopic (exact) mass is 264 g/mol. The summed E-state index contributed by atoms with van der Waals surface area (Å²) in [6.45, 7) is 8.96. The maximum absolute atomic E-state index is 10.9. The zero-order valence-electron chi connectivity index (χ0n) is 11.4. The molecule has 0 saturated carbocycles. The maximum Gasteiger partial charge on any atom is 0.148 e. The van der Waals surface area contributed by atoms with Crippen molar-refractivity contribution in [1.29, 1.82) is 0 Å². The molecule has 0 aromatic heterocycles. The topological polar surface area (TPSA) is 67.8 Å². The molecule has 0 aromatic carbocycles. The van der Waals surface area contributed by atoms with Crippen molar-refractivity contribution >= 4 is 15.5 Å². The van der Waals surface area contributed by atoms with Crippen LogP contribution < -0.4 is 5.32 Å². The van der Waals surface area contributed by atoms with Gasteiger partial charge in [0.1, 0.15) is 15.9 Å². The molecule has 0 saturated heterocycles. The Hall–Kier alpha value is -0.620. The highest BCUT2D eigenvalue weighted by Gasteiger charge is 2.05. The summed E-state index contributed by atoms with van der Waals surface area (Å²) in [5, 5.41) is 7.03. The molecular formula is C11H24N2O3S. The highest BCUT2D eigenvalue weighted by atomic mass is 32.2. The van der Waals surface area contributed by atoms with Gasteiger partial charge in [-0.25, -0.2) is 8.42 Å². The summed E-state index contributed by atoms with van der Waals surface area (Å²) in [4.78, 5) is 5.27. The van der Waals surface area contributed by atoms with Gasteiger partial charge in [0.15, 0.2) is 0 Å². The van der Waals surface area contributed by atoms with E-state index in [9.17, 15) is 8.42 Å². The summed E-state index contributed by atoms with van der Waals surface area (Å²) >= 11 is 0. The van der Waals surface area contributed by atoms with E-state index in [1.165, 1.54) is 6.26 Å². The smallest absolute Gasteiger partial charge is 0.148 e. The summed E-state index contributed by atoms with van der Waals surface area (Å²) in [6, 6.07) is 0. The van der Waals surface area contributed by atoms with Gasteiger partial charge < -0.3 is 10.2 Å². The molecule has 0 fully saturated rings. The van der Waals surface area contributed by atoms with Crippen LogP contribution in [0.4, 0.5) is 0 Å². The van der Waals surface area contributed by atoms with Crippen molar-refractivity contribution in [2.24, 2.45) is 11.1 Å². The van der Waals surface area contributed by atoms with E-state index in [0.717, 1.165) is 5.71 Å². The van der Waals surface area contributed by atoms with Gasteiger partial charge in [0.05, 0.1) is 11.5 Å². The standard InChI is InChI=1S/C11H24N2O3S/c1-9(2)11(4)13-16-10(3)8-12-6-7-17(5,14)15/h9-10,12H,6-8H2,1-5H3/b13-11+. The SMILES string of the molecule is C/C(=N\OC(C)CNCCS(C)(=O)=O)C(C)C. The molecule has 6 heteroatoms. The molecule has 102 valence electrons. The second-order valence-electron chi connectivity index (χ2n) is 4.64. The molecule has 1 unspecified atom stereocenters. The van der Waals surface area contributed by atoms with E-state index in [1.807, 2.05) is 13.8 Å². The van der Waals surface area contributed by atoms with Gasteiger partial charge in [0.2, 0.25) is 0 Å². The number of rotatable bonds is 8.